The Morgan fingerprint density at radius 1 is 0.706 bits per heavy atom. The summed E-state index contributed by atoms with van der Waals surface area (Å²) in [6, 6.07) is 0. The molecule has 0 aromatic carbocycles. The molecule has 0 bridgehead atoms. The normalized spacial score (nSPS) is 18.0. The molecule has 0 saturated carbocycles. The van der Waals surface area contributed by atoms with Crippen molar-refractivity contribution in [2.24, 2.45) is 0 Å². The fourth-order valence-corrected chi connectivity index (χ4v) is 6.94. The maximum absolute atomic E-state index is 11.6. The molecular formula is C27H58O4Si3. The number of hydrogen-bond acceptors (Lipinski definition) is 4. The third kappa shape index (κ3) is 9.77. The molecule has 0 fully saturated rings. The van der Waals surface area contributed by atoms with Gasteiger partial charge in [0.25, 0.3) is 0 Å². The van der Waals surface area contributed by atoms with Crippen LogP contribution in [0.2, 0.25) is 54.4 Å². The van der Waals surface area contributed by atoms with Gasteiger partial charge in [0.05, 0.1) is 12.2 Å². The Morgan fingerprint density at radius 3 is 1.41 bits per heavy atom. The second-order valence-corrected chi connectivity index (χ2v) is 29.0. The highest BCUT2D eigenvalue weighted by Crippen LogP contribution is 2.42. The predicted octanol–water partition coefficient (Wildman–Crippen LogP) is 8.71. The minimum Gasteiger partial charge on any atom is -0.414 e. The van der Waals surface area contributed by atoms with Crippen molar-refractivity contribution >= 4 is 31.2 Å². The Balaban J connectivity index is 6.41. The van der Waals surface area contributed by atoms with E-state index < -0.39 is 25.0 Å². The zero-order valence-corrected chi connectivity index (χ0v) is 28.7. The fourth-order valence-electron chi connectivity index (χ4n) is 2.89. The number of allylic oxidation sites excluding steroid dienone is 1. The quantitative estimate of drug-likeness (QED) is 0.152. The molecule has 4 nitrogen and oxygen atoms in total. The van der Waals surface area contributed by atoms with Crippen LogP contribution in [0.25, 0.3) is 0 Å². The molecule has 3 atom stereocenters. The van der Waals surface area contributed by atoms with Crippen LogP contribution in [0.4, 0.5) is 0 Å². The minimum absolute atomic E-state index is 0.0334. The molecule has 0 aliphatic heterocycles. The summed E-state index contributed by atoms with van der Waals surface area (Å²) in [5.41, 5.74) is 0.686. The van der Waals surface area contributed by atoms with Gasteiger partial charge in [0.2, 0.25) is 0 Å². The summed E-state index contributed by atoms with van der Waals surface area (Å²) in [6.45, 7) is 38.1. The van der Waals surface area contributed by atoms with Gasteiger partial charge in [0.1, 0.15) is 6.29 Å². The average molecular weight is 531 g/mol. The Labute approximate surface area is 216 Å². The molecule has 0 N–H and O–H groups in total. The van der Waals surface area contributed by atoms with Gasteiger partial charge in [-0.05, 0) is 86.3 Å². The van der Waals surface area contributed by atoms with Crippen LogP contribution in [0.5, 0.6) is 0 Å². The third-order valence-electron chi connectivity index (χ3n) is 8.33. The molecule has 0 aromatic heterocycles. The zero-order chi connectivity index (χ0) is 27.6. The van der Waals surface area contributed by atoms with Crippen molar-refractivity contribution in [3.8, 4) is 0 Å². The van der Waals surface area contributed by atoms with Crippen molar-refractivity contribution < 1.29 is 18.1 Å². The summed E-state index contributed by atoms with van der Waals surface area (Å²) in [4.78, 5) is 11.6. The van der Waals surface area contributed by atoms with Crippen LogP contribution in [0.3, 0.4) is 0 Å². The van der Waals surface area contributed by atoms with Crippen LogP contribution in [0.15, 0.2) is 11.6 Å². The van der Waals surface area contributed by atoms with Gasteiger partial charge < -0.3 is 13.3 Å². The van der Waals surface area contributed by atoms with Gasteiger partial charge in [-0.15, -0.1) is 0 Å². The maximum Gasteiger partial charge on any atom is 0.193 e. The van der Waals surface area contributed by atoms with Crippen molar-refractivity contribution in [3.63, 3.8) is 0 Å². The van der Waals surface area contributed by atoms with E-state index in [0.717, 1.165) is 12.7 Å². The summed E-state index contributed by atoms with van der Waals surface area (Å²) < 4.78 is 20.8. The van der Waals surface area contributed by atoms with Crippen LogP contribution >= 0.6 is 0 Å². The molecular weight excluding hydrogens is 473 g/mol. The molecule has 0 heterocycles. The second kappa shape index (κ2) is 11.6. The van der Waals surface area contributed by atoms with Crippen LogP contribution in [0.1, 0.15) is 82.6 Å². The molecule has 0 spiro atoms. The van der Waals surface area contributed by atoms with E-state index in [4.69, 9.17) is 13.3 Å². The first-order chi connectivity index (χ1) is 14.8. The van der Waals surface area contributed by atoms with Crippen molar-refractivity contribution in [1.82, 2.24) is 0 Å². The van der Waals surface area contributed by atoms with Crippen LogP contribution in [0, 0.1) is 0 Å². The van der Waals surface area contributed by atoms with E-state index >= 15 is 0 Å². The van der Waals surface area contributed by atoms with E-state index in [1.807, 2.05) is 13.0 Å². The summed E-state index contributed by atoms with van der Waals surface area (Å²) in [6.07, 6.45) is 3.22. The van der Waals surface area contributed by atoms with Crippen LogP contribution in [-0.4, -0.2) is 49.6 Å². The van der Waals surface area contributed by atoms with Crippen LogP contribution in [-0.2, 0) is 18.1 Å². The molecule has 0 amide bonds. The highest BCUT2D eigenvalue weighted by Gasteiger charge is 2.45. The second-order valence-electron chi connectivity index (χ2n) is 14.7. The van der Waals surface area contributed by atoms with E-state index in [-0.39, 0.29) is 33.4 Å². The first-order valence-corrected chi connectivity index (χ1v) is 21.7. The lowest BCUT2D eigenvalue weighted by molar-refractivity contribution is -0.104. The average Bonchev–Trinajstić information content (AvgIpc) is 2.56. The van der Waals surface area contributed by atoms with Gasteiger partial charge in [-0.25, -0.2) is 0 Å². The van der Waals surface area contributed by atoms with E-state index in [2.05, 4.69) is 109 Å². The SMILES string of the molecule is C/C(C=O)=C\[C@H](O[Si](C)(C)C(C)(C)C)[C@H](C[C@H](C)O[Si](C)(C)C(C)(C)C)O[Si](C)(C)C(C)(C)C. The predicted molar refractivity (Wildman–Crippen MR) is 156 cm³/mol. The van der Waals surface area contributed by atoms with Gasteiger partial charge in [-0.3, -0.25) is 4.79 Å². The Hall–Kier alpha value is -0.0594. The van der Waals surface area contributed by atoms with E-state index in [1.165, 1.54) is 0 Å². The molecule has 0 saturated heterocycles. The summed E-state index contributed by atoms with van der Waals surface area (Å²) >= 11 is 0. The lowest BCUT2D eigenvalue weighted by atomic mass is 10.1. The van der Waals surface area contributed by atoms with Crippen molar-refractivity contribution in [2.45, 2.75) is 155 Å². The molecule has 0 aliphatic carbocycles. The molecule has 0 aliphatic rings. The molecule has 202 valence electrons. The van der Waals surface area contributed by atoms with E-state index in [1.54, 1.807) is 0 Å². The van der Waals surface area contributed by atoms with Gasteiger partial charge in [0, 0.05) is 6.10 Å². The zero-order valence-electron chi connectivity index (χ0n) is 25.7. The van der Waals surface area contributed by atoms with Gasteiger partial charge in [-0.1, -0.05) is 62.3 Å². The van der Waals surface area contributed by atoms with Gasteiger partial charge in [-0.2, -0.15) is 0 Å². The van der Waals surface area contributed by atoms with Crippen molar-refractivity contribution in [1.29, 1.82) is 0 Å². The first-order valence-electron chi connectivity index (χ1n) is 12.9. The van der Waals surface area contributed by atoms with Gasteiger partial charge >= 0.3 is 0 Å². The Morgan fingerprint density at radius 2 is 1.06 bits per heavy atom. The largest absolute Gasteiger partial charge is 0.414 e. The standard InChI is InChI=1S/C27H58O4Si3/c1-21(20-28)18-23(30-33(14,15)26(6,7)8)24(31-34(16,17)27(9,10)11)19-22(2)29-32(12,13)25(3,4)5/h18,20,22-24H,19H2,1-17H3/b21-18+/t22-,23-,24-/m0/s1. The molecule has 0 rings (SSSR count). The highest BCUT2D eigenvalue weighted by atomic mass is 28.4. The molecule has 34 heavy (non-hydrogen) atoms. The summed E-state index contributed by atoms with van der Waals surface area (Å²) in [7, 11) is -6.15. The monoisotopic (exact) mass is 530 g/mol. The number of hydrogen-bond donors (Lipinski definition) is 0. The molecule has 7 heteroatoms. The number of carbonyl (C=O) groups excluding carboxylic acids is 1. The number of rotatable bonds is 11. The topological polar surface area (TPSA) is 44.8 Å². The highest BCUT2D eigenvalue weighted by molar-refractivity contribution is 6.75. The number of carbonyl (C=O) groups is 1. The van der Waals surface area contributed by atoms with E-state index in [9.17, 15) is 4.79 Å². The lowest BCUT2D eigenvalue weighted by Gasteiger charge is -2.46. The van der Waals surface area contributed by atoms with Gasteiger partial charge in [0.15, 0.2) is 25.0 Å². The van der Waals surface area contributed by atoms with Crippen molar-refractivity contribution in [3.05, 3.63) is 11.6 Å². The summed E-state index contributed by atoms with van der Waals surface area (Å²) in [5, 5.41) is 0.265. The third-order valence-corrected chi connectivity index (χ3v) is 21.9. The van der Waals surface area contributed by atoms with E-state index in [0.29, 0.717) is 5.57 Å². The summed E-state index contributed by atoms with van der Waals surface area (Å²) in [5.74, 6) is 0. The Bertz CT molecular complexity index is 692. The molecule has 0 aromatic rings. The van der Waals surface area contributed by atoms with Crippen LogP contribution < -0.4 is 0 Å². The Kier molecular flexibility index (Phi) is 11.5. The first kappa shape index (κ1) is 33.9. The lowest BCUT2D eigenvalue weighted by Crippen LogP contribution is -2.53. The minimum atomic E-state index is -2.12. The number of aldehydes is 1. The fraction of sp³-hybridized carbons (Fsp3) is 0.889. The molecule has 0 unspecified atom stereocenters. The molecule has 0 radical (unpaired) electrons. The van der Waals surface area contributed by atoms with Crippen molar-refractivity contribution in [2.75, 3.05) is 0 Å². The smallest absolute Gasteiger partial charge is 0.193 e. The maximum atomic E-state index is 11.6.